The molecule has 1 aromatic rings. The number of carbonyl (C=O) groups is 2. The molecule has 1 aromatic carbocycles. The van der Waals surface area contributed by atoms with Crippen LogP contribution in [0.15, 0.2) is 23.9 Å². The summed E-state index contributed by atoms with van der Waals surface area (Å²) < 4.78 is 0. The van der Waals surface area contributed by atoms with Crippen molar-refractivity contribution < 1.29 is 14.7 Å². The second kappa shape index (κ2) is 6.05. The van der Waals surface area contributed by atoms with Gasteiger partial charge in [-0.3, -0.25) is 14.5 Å². The van der Waals surface area contributed by atoms with Gasteiger partial charge in [0.05, 0.1) is 17.2 Å². The average Bonchev–Trinajstić information content (AvgIpc) is 2.64. The number of halogens is 2. The van der Waals surface area contributed by atoms with Gasteiger partial charge in [-0.05, 0) is 12.1 Å². The highest BCUT2D eigenvalue weighted by molar-refractivity contribution is 6.41. The van der Waals surface area contributed by atoms with Crippen LogP contribution < -0.4 is 0 Å². The van der Waals surface area contributed by atoms with E-state index in [1.807, 2.05) is 0 Å². The minimum atomic E-state index is -0.427. The summed E-state index contributed by atoms with van der Waals surface area (Å²) >= 11 is 12.0. The highest BCUT2D eigenvalue weighted by atomic mass is 35.5. The van der Waals surface area contributed by atoms with Gasteiger partial charge in [0.25, 0.3) is 11.8 Å². The summed E-state index contributed by atoms with van der Waals surface area (Å²) in [5.74, 6) is -0.846. The van der Waals surface area contributed by atoms with Crippen LogP contribution >= 0.6 is 23.2 Å². The van der Waals surface area contributed by atoms with Crippen LogP contribution in [0.25, 0.3) is 5.57 Å². The first kappa shape index (κ1) is 15.8. The Hall–Kier alpha value is -1.56. The highest BCUT2D eigenvalue weighted by Crippen LogP contribution is 2.35. The Labute approximate surface area is 132 Å². The zero-order chi connectivity index (χ0) is 15.7. The monoisotopic (exact) mass is 328 g/mol. The maximum absolute atomic E-state index is 12.3. The summed E-state index contributed by atoms with van der Waals surface area (Å²) in [6.07, 6.45) is 0. The summed E-state index contributed by atoms with van der Waals surface area (Å²) in [4.78, 5) is 27.2. The van der Waals surface area contributed by atoms with Crippen molar-refractivity contribution >= 4 is 40.6 Å². The molecule has 112 valence electrons. The Morgan fingerprint density at radius 1 is 1.24 bits per heavy atom. The fourth-order valence-corrected chi connectivity index (χ4v) is 2.68. The van der Waals surface area contributed by atoms with Gasteiger partial charge in [0.15, 0.2) is 0 Å². The lowest BCUT2D eigenvalue weighted by atomic mass is 10.0. The second-order valence-corrected chi connectivity index (χ2v) is 5.51. The van der Waals surface area contributed by atoms with Gasteiger partial charge < -0.3 is 10.0 Å². The molecular formula is C14H14Cl2N2O3. The fraction of sp³-hybridized carbons (Fsp3) is 0.286. The van der Waals surface area contributed by atoms with E-state index in [0.717, 1.165) is 4.90 Å². The Balaban J connectivity index is 2.63. The van der Waals surface area contributed by atoms with Crippen molar-refractivity contribution in [3.8, 4) is 0 Å². The molecule has 0 radical (unpaired) electrons. The molecule has 0 bridgehead atoms. The number of imide groups is 1. The Bertz CT molecular complexity index is 643. The lowest BCUT2D eigenvalue weighted by molar-refractivity contribution is -0.135. The largest absolute Gasteiger partial charge is 0.395 e. The second-order valence-electron chi connectivity index (χ2n) is 4.66. The van der Waals surface area contributed by atoms with E-state index in [0.29, 0.717) is 15.6 Å². The van der Waals surface area contributed by atoms with E-state index in [-0.39, 0.29) is 24.4 Å². The van der Waals surface area contributed by atoms with Gasteiger partial charge in [0, 0.05) is 31.2 Å². The number of aliphatic hydroxyl groups excluding tert-OH is 1. The zero-order valence-corrected chi connectivity index (χ0v) is 13.1. The number of hydrogen-bond donors (Lipinski definition) is 1. The lowest BCUT2D eigenvalue weighted by Gasteiger charge is -2.19. The standard InChI is InChI=1S/C14H14Cl2N2O3/c1-17(5-6-19)12-11(13(20)18(2)14(12)21)9-4-3-8(15)7-10(9)16/h3-4,7,19H,5-6H2,1-2H3. The number of likely N-dealkylation sites (N-methyl/N-ethyl adjacent to an activating group) is 2. The van der Waals surface area contributed by atoms with Crippen LogP contribution in [0.5, 0.6) is 0 Å². The quantitative estimate of drug-likeness (QED) is 0.853. The predicted octanol–water partition coefficient (Wildman–Crippen LogP) is 1.63. The molecule has 0 aliphatic carbocycles. The van der Waals surface area contributed by atoms with Crippen molar-refractivity contribution in [3.63, 3.8) is 0 Å². The van der Waals surface area contributed by atoms with E-state index in [9.17, 15) is 9.59 Å². The van der Waals surface area contributed by atoms with Crippen LogP contribution in [0.3, 0.4) is 0 Å². The van der Waals surface area contributed by atoms with Gasteiger partial charge in [0.1, 0.15) is 5.70 Å². The van der Waals surface area contributed by atoms with Gasteiger partial charge in [-0.1, -0.05) is 29.3 Å². The molecule has 2 rings (SSSR count). The molecular weight excluding hydrogens is 315 g/mol. The molecule has 0 aromatic heterocycles. The number of aliphatic hydroxyl groups is 1. The smallest absolute Gasteiger partial charge is 0.277 e. The number of nitrogens with zero attached hydrogens (tertiary/aromatic N) is 2. The number of amides is 2. The van der Waals surface area contributed by atoms with E-state index < -0.39 is 11.8 Å². The fourth-order valence-electron chi connectivity index (χ4n) is 2.18. The van der Waals surface area contributed by atoms with Crippen molar-refractivity contribution in [2.45, 2.75) is 0 Å². The minimum absolute atomic E-state index is 0.132. The van der Waals surface area contributed by atoms with Crippen LogP contribution in [0, 0.1) is 0 Å². The van der Waals surface area contributed by atoms with Crippen LogP contribution in [0.1, 0.15) is 5.56 Å². The van der Waals surface area contributed by atoms with Gasteiger partial charge in [0.2, 0.25) is 0 Å². The van der Waals surface area contributed by atoms with E-state index in [1.54, 1.807) is 24.1 Å². The Morgan fingerprint density at radius 3 is 2.48 bits per heavy atom. The first-order valence-corrected chi connectivity index (χ1v) is 6.98. The summed E-state index contributed by atoms with van der Waals surface area (Å²) in [5.41, 5.74) is 0.893. The van der Waals surface area contributed by atoms with Gasteiger partial charge in [-0.25, -0.2) is 0 Å². The SMILES string of the molecule is CN(CCO)C1=C(c2ccc(Cl)cc2Cl)C(=O)N(C)C1=O. The molecule has 0 atom stereocenters. The molecule has 21 heavy (non-hydrogen) atoms. The number of carbonyl (C=O) groups excluding carboxylic acids is 2. The van der Waals surface area contributed by atoms with Crippen LogP contribution in [-0.4, -0.2) is 54.0 Å². The van der Waals surface area contributed by atoms with E-state index in [1.165, 1.54) is 13.1 Å². The van der Waals surface area contributed by atoms with Crippen molar-refractivity contribution in [1.82, 2.24) is 9.80 Å². The minimum Gasteiger partial charge on any atom is -0.395 e. The third-order valence-corrected chi connectivity index (χ3v) is 3.83. The maximum atomic E-state index is 12.3. The molecule has 5 nitrogen and oxygen atoms in total. The summed E-state index contributed by atoms with van der Waals surface area (Å²) in [6, 6.07) is 4.73. The van der Waals surface area contributed by atoms with E-state index in [2.05, 4.69) is 0 Å². The van der Waals surface area contributed by atoms with Gasteiger partial charge in [-0.15, -0.1) is 0 Å². The molecule has 1 aliphatic heterocycles. The van der Waals surface area contributed by atoms with Crippen molar-refractivity contribution in [2.24, 2.45) is 0 Å². The zero-order valence-electron chi connectivity index (χ0n) is 11.6. The maximum Gasteiger partial charge on any atom is 0.277 e. The average molecular weight is 329 g/mol. The predicted molar refractivity (Wildman–Crippen MR) is 80.9 cm³/mol. The first-order chi connectivity index (χ1) is 9.88. The molecule has 2 amide bonds. The van der Waals surface area contributed by atoms with Crippen molar-refractivity contribution in [1.29, 1.82) is 0 Å². The van der Waals surface area contributed by atoms with Gasteiger partial charge >= 0.3 is 0 Å². The molecule has 7 heteroatoms. The molecule has 0 saturated heterocycles. The molecule has 0 spiro atoms. The highest BCUT2D eigenvalue weighted by Gasteiger charge is 2.39. The third-order valence-electron chi connectivity index (χ3n) is 3.28. The molecule has 1 aliphatic rings. The molecule has 1 heterocycles. The van der Waals surface area contributed by atoms with Crippen molar-refractivity contribution in [2.75, 3.05) is 27.2 Å². The number of rotatable bonds is 4. The molecule has 0 saturated carbocycles. The topological polar surface area (TPSA) is 60.9 Å². The first-order valence-electron chi connectivity index (χ1n) is 6.22. The Kier molecular flexibility index (Phi) is 4.56. The Morgan fingerprint density at radius 2 is 1.90 bits per heavy atom. The van der Waals surface area contributed by atoms with Crippen LogP contribution in [0.2, 0.25) is 10.0 Å². The van der Waals surface area contributed by atoms with E-state index in [4.69, 9.17) is 28.3 Å². The number of benzene rings is 1. The number of hydrogen-bond acceptors (Lipinski definition) is 4. The van der Waals surface area contributed by atoms with Crippen molar-refractivity contribution in [3.05, 3.63) is 39.5 Å². The van der Waals surface area contributed by atoms with Crippen LogP contribution in [0.4, 0.5) is 0 Å². The lowest BCUT2D eigenvalue weighted by Crippen LogP contribution is -2.31. The summed E-state index contributed by atoms with van der Waals surface area (Å²) in [6.45, 7) is 0.101. The molecule has 0 unspecified atom stereocenters. The van der Waals surface area contributed by atoms with E-state index >= 15 is 0 Å². The normalized spacial score (nSPS) is 15.2. The summed E-state index contributed by atoms with van der Waals surface area (Å²) in [5, 5.41) is 9.78. The molecule has 0 fully saturated rings. The third kappa shape index (κ3) is 2.77. The van der Waals surface area contributed by atoms with Crippen LogP contribution in [-0.2, 0) is 9.59 Å². The van der Waals surface area contributed by atoms with Gasteiger partial charge in [-0.2, -0.15) is 0 Å². The summed E-state index contributed by atoms with van der Waals surface area (Å²) in [7, 11) is 3.05. The molecule has 1 N–H and O–H groups in total.